The Morgan fingerprint density at radius 1 is 1.18 bits per heavy atom. The number of nitrogens with zero attached hydrogens (tertiary/aromatic N) is 1. The second-order valence-corrected chi connectivity index (χ2v) is 4.95. The van der Waals surface area contributed by atoms with Crippen molar-refractivity contribution < 1.29 is 0 Å². The van der Waals surface area contributed by atoms with Gasteiger partial charge in [0.25, 0.3) is 0 Å². The summed E-state index contributed by atoms with van der Waals surface area (Å²) in [5.74, 6) is 2.36. The summed E-state index contributed by atoms with van der Waals surface area (Å²) in [6.07, 6.45) is 7.89. The second-order valence-electron chi connectivity index (χ2n) is 4.95. The van der Waals surface area contributed by atoms with Crippen molar-refractivity contribution in [1.82, 2.24) is 5.32 Å². The molecule has 17 heavy (non-hydrogen) atoms. The Morgan fingerprint density at radius 2 is 1.76 bits per heavy atom. The summed E-state index contributed by atoms with van der Waals surface area (Å²) in [5.41, 5.74) is 5.77. The molecule has 0 aromatic heterocycles. The Hall–Kier alpha value is 0. The van der Waals surface area contributed by atoms with E-state index in [1.807, 2.05) is 0 Å². The van der Waals surface area contributed by atoms with Crippen LogP contribution in [0.4, 0.5) is 0 Å². The summed E-state index contributed by atoms with van der Waals surface area (Å²) in [4.78, 5) is 4.42. The maximum atomic E-state index is 5.77. The van der Waals surface area contributed by atoms with Crippen LogP contribution in [-0.2, 0) is 0 Å². The van der Waals surface area contributed by atoms with Gasteiger partial charge in [-0.05, 0) is 31.1 Å². The van der Waals surface area contributed by atoms with E-state index in [1.165, 1.54) is 32.1 Å². The zero-order chi connectivity index (χ0) is 11.8. The van der Waals surface area contributed by atoms with E-state index >= 15 is 0 Å². The highest BCUT2D eigenvalue weighted by Crippen LogP contribution is 2.30. The number of halogens is 1. The minimum Gasteiger partial charge on any atom is -0.370 e. The summed E-state index contributed by atoms with van der Waals surface area (Å²) < 4.78 is 0. The van der Waals surface area contributed by atoms with Crippen LogP contribution >= 0.6 is 24.0 Å². The van der Waals surface area contributed by atoms with E-state index in [-0.39, 0.29) is 24.0 Å². The normalized spacial score (nSPS) is 25.2. The summed E-state index contributed by atoms with van der Waals surface area (Å²) >= 11 is 0. The van der Waals surface area contributed by atoms with Crippen molar-refractivity contribution in [3.63, 3.8) is 0 Å². The average Bonchev–Trinajstić information content (AvgIpc) is 2.34. The lowest BCUT2D eigenvalue weighted by molar-refractivity contribution is 0.274. The lowest BCUT2D eigenvalue weighted by atomic mass is 9.81. The Kier molecular flexibility index (Phi) is 9.97. The quantitative estimate of drug-likeness (QED) is 0.453. The van der Waals surface area contributed by atoms with E-state index in [1.54, 1.807) is 0 Å². The SMILES string of the molecule is CCCNC(N)=NCC1CCC(CC)CC1.I. The van der Waals surface area contributed by atoms with Crippen molar-refractivity contribution in [3.8, 4) is 0 Å². The van der Waals surface area contributed by atoms with Crippen molar-refractivity contribution >= 4 is 29.9 Å². The molecule has 3 nitrogen and oxygen atoms in total. The minimum atomic E-state index is 0. The predicted molar refractivity (Wildman–Crippen MR) is 85.9 cm³/mol. The van der Waals surface area contributed by atoms with Gasteiger partial charge in [-0.1, -0.05) is 33.1 Å². The highest BCUT2D eigenvalue weighted by molar-refractivity contribution is 14.0. The molecule has 1 saturated carbocycles. The molecule has 0 bridgehead atoms. The molecule has 102 valence electrons. The number of nitrogens with two attached hydrogens (primary N) is 1. The molecular formula is C13H28IN3. The number of hydrogen-bond donors (Lipinski definition) is 2. The molecule has 0 radical (unpaired) electrons. The van der Waals surface area contributed by atoms with Gasteiger partial charge in [0.2, 0.25) is 0 Å². The van der Waals surface area contributed by atoms with E-state index in [9.17, 15) is 0 Å². The monoisotopic (exact) mass is 353 g/mol. The fraction of sp³-hybridized carbons (Fsp3) is 0.923. The van der Waals surface area contributed by atoms with Crippen molar-refractivity contribution in [2.45, 2.75) is 52.4 Å². The van der Waals surface area contributed by atoms with Crippen LogP contribution in [0.15, 0.2) is 4.99 Å². The number of hydrogen-bond acceptors (Lipinski definition) is 1. The van der Waals surface area contributed by atoms with Gasteiger partial charge in [-0.25, -0.2) is 0 Å². The number of guanidine groups is 1. The van der Waals surface area contributed by atoms with Gasteiger partial charge < -0.3 is 11.1 Å². The third-order valence-electron chi connectivity index (χ3n) is 3.62. The minimum absolute atomic E-state index is 0. The molecular weight excluding hydrogens is 325 g/mol. The third kappa shape index (κ3) is 7.11. The zero-order valence-corrected chi connectivity index (χ0v) is 13.6. The Morgan fingerprint density at radius 3 is 2.29 bits per heavy atom. The van der Waals surface area contributed by atoms with Gasteiger partial charge in [-0.2, -0.15) is 0 Å². The molecule has 0 saturated heterocycles. The maximum Gasteiger partial charge on any atom is 0.188 e. The van der Waals surface area contributed by atoms with Crippen LogP contribution in [0.5, 0.6) is 0 Å². The first-order valence-corrected chi connectivity index (χ1v) is 6.80. The van der Waals surface area contributed by atoms with Crippen LogP contribution in [0.3, 0.4) is 0 Å². The van der Waals surface area contributed by atoms with Gasteiger partial charge in [-0.3, -0.25) is 4.99 Å². The first-order valence-electron chi connectivity index (χ1n) is 6.80. The van der Waals surface area contributed by atoms with Crippen LogP contribution in [-0.4, -0.2) is 19.0 Å². The molecule has 0 atom stereocenters. The van der Waals surface area contributed by atoms with Crippen LogP contribution in [0.25, 0.3) is 0 Å². The Balaban J connectivity index is 0.00000256. The highest BCUT2D eigenvalue weighted by Gasteiger charge is 2.19. The van der Waals surface area contributed by atoms with Gasteiger partial charge in [0.05, 0.1) is 0 Å². The van der Waals surface area contributed by atoms with Crippen LogP contribution < -0.4 is 11.1 Å². The number of aliphatic imine (C=N–C) groups is 1. The molecule has 1 aliphatic rings. The third-order valence-corrected chi connectivity index (χ3v) is 3.62. The topological polar surface area (TPSA) is 50.4 Å². The van der Waals surface area contributed by atoms with E-state index in [2.05, 4.69) is 24.2 Å². The highest BCUT2D eigenvalue weighted by atomic mass is 127. The van der Waals surface area contributed by atoms with E-state index in [0.29, 0.717) is 5.96 Å². The van der Waals surface area contributed by atoms with Gasteiger partial charge in [0.15, 0.2) is 5.96 Å². The number of nitrogens with one attached hydrogen (secondary N) is 1. The molecule has 1 aliphatic carbocycles. The second kappa shape index (κ2) is 9.97. The summed E-state index contributed by atoms with van der Waals surface area (Å²) in [7, 11) is 0. The zero-order valence-electron chi connectivity index (χ0n) is 11.2. The number of rotatable bonds is 5. The van der Waals surface area contributed by atoms with Gasteiger partial charge >= 0.3 is 0 Å². The van der Waals surface area contributed by atoms with Crippen LogP contribution in [0, 0.1) is 11.8 Å². The first-order chi connectivity index (χ1) is 7.76. The van der Waals surface area contributed by atoms with E-state index < -0.39 is 0 Å². The van der Waals surface area contributed by atoms with Crippen LogP contribution in [0.2, 0.25) is 0 Å². The van der Waals surface area contributed by atoms with Crippen molar-refractivity contribution in [1.29, 1.82) is 0 Å². The maximum absolute atomic E-state index is 5.77. The largest absolute Gasteiger partial charge is 0.370 e. The summed E-state index contributed by atoms with van der Waals surface area (Å²) in [5, 5.41) is 3.12. The Labute approximate surface area is 123 Å². The molecule has 0 unspecified atom stereocenters. The van der Waals surface area contributed by atoms with Crippen molar-refractivity contribution in [2.75, 3.05) is 13.1 Å². The van der Waals surface area contributed by atoms with E-state index in [4.69, 9.17) is 5.73 Å². The van der Waals surface area contributed by atoms with Crippen LogP contribution in [0.1, 0.15) is 52.4 Å². The fourth-order valence-corrected chi connectivity index (χ4v) is 2.36. The summed E-state index contributed by atoms with van der Waals surface area (Å²) in [6.45, 7) is 6.28. The van der Waals surface area contributed by atoms with Crippen molar-refractivity contribution in [3.05, 3.63) is 0 Å². The molecule has 1 rings (SSSR count). The smallest absolute Gasteiger partial charge is 0.188 e. The standard InChI is InChI=1S/C13H27N3.HI/c1-3-9-15-13(14)16-10-12-7-5-11(4-2)6-8-12;/h11-12H,3-10H2,1-2H3,(H3,14,15,16);1H. The van der Waals surface area contributed by atoms with Gasteiger partial charge in [-0.15, -0.1) is 24.0 Å². The predicted octanol–water partition coefficient (Wildman–Crippen LogP) is 3.14. The average molecular weight is 353 g/mol. The van der Waals surface area contributed by atoms with Gasteiger partial charge in [0.1, 0.15) is 0 Å². The summed E-state index contributed by atoms with van der Waals surface area (Å²) in [6, 6.07) is 0. The lowest BCUT2D eigenvalue weighted by Gasteiger charge is -2.26. The molecule has 0 amide bonds. The molecule has 0 aliphatic heterocycles. The molecule has 0 spiro atoms. The van der Waals surface area contributed by atoms with Gasteiger partial charge in [0, 0.05) is 13.1 Å². The first kappa shape index (κ1) is 17.0. The van der Waals surface area contributed by atoms with Crippen molar-refractivity contribution in [2.24, 2.45) is 22.6 Å². The molecule has 0 aromatic carbocycles. The molecule has 4 heteroatoms. The Bertz CT molecular complexity index is 211. The molecule has 0 aromatic rings. The lowest BCUT2D eigenvalue weighted by Crippen LogP contribution is -2.33. The van der Waals surface area contributed by atoms with E-state index in [0.717, 1.165) is 31.3 Å². The molecule has 1 fully saturated rings. The molecule has 0 heterocycles. The molecule has 3 N–H and O–H groups in total. The fourth-order valence-electron chi connectivity index (χ4n) is 2.36.